The number of hydrogen-bond acceptors (Lipinski definition) is 2. The number of nitrogens with zero attached hydrogens (tertiary/aromatic N) is 1. The molecule has 1 aliphatic heterocycles. The summed E-state index contributed by atoms with van der Waals surface area (Å²) in [7, 11) is 0. The first-order valence-electron chi connectivity index (χ1n) is 6.65. The molecule has 2 aliphatic rings. The molecule has 0 bridgehead atoms. The molecule has 1 unspecified atom stereocenters. The number of carbonyl (C=O) groups is 2. The number of Topliss-reactive ketones (excluding diaryl/α,β-unsaturated/α-hetero) is 1. The number of amides is 1. The fourth-order valence-electron chi connectivity index (χ4n) is 3.00. The van der Waals surface area contributed by atoms with Crippen molar-refractivity contribution in [2.75, 3.05) is 6.54 Å². The van der Waals surface area contributed by atoms with Gasteiger partial charge in [0.1, 0.15) is 5.78 Å². The topological polar surface area (TPSA) is 37.4 Å². The third kappa shape index (κ3) is 1.94. The van der Waals surface area contributed by atoms with Gasteiger partial charge in [-0.1, -0.05) is 18.2 Å². The molecule has 1 aromatic carbocycles. The maximum atomic E-state index is 12.1. The Balaban J connectivity index is 1.63. The Hall–Kier alpha value is -1.64. The van der Waals surface area contributed by atoms with Crippen LogP contribution in [-0.4, -0.2) is 23.1 Å². The summed E-state index contributed by atoms with van der Waals surface area (Å²) < 4.78 is 0. The van der Waals surface area contributed by atoms with Crippen molar-refractivity contribution < 1.29 is 9.59 Å². The van der Waals surface area contributed by atoms with E-state index in [1.807, 2.05) is 29.2 Å². The molecule has 0 N–H and O–H groups in total. The van der Waals surface area contributed by atoms with Gasteiger partial charge in [-0.2, -0.15) is 0 Å². The summed E-state index contributed by atoms with van der Waals surface area (Å²) in [6.45, 7) is 1.42. The lowest BCUT2D eigenvalue weighted by atomic mass is 10.0. The zero-order chi connectivity index (χ0) is 12.5. The summed E-state index contributed by atoms with van der Waals surface area (Å²) in [4.78, 5) is 25.6. The lowest BCUT2D eigenvalue weighted by Crippen LogP contribution is -2.27. The average molecular weight is 243 g/mol. The molecule has 0 aromatic heterocycles. The van der Waals surface area contributed by atoms with Gasteiger partial charge < -0.3 is 4.90 Å². The van der Waals surface area contributed by atoms with Gasteiger partial charge in [-0.15, -0.1) is 0 Å². The monoisotopic (exact) mass is 243 g/mol. The van der Waals surface area contributed by atoms with Crippen molar-refractivity contribution in [3.63, 3.8) is 0 Å². The van der Waals surface area contributed by atoms with Crippen LogP contribution in [0.25, 0.3) is 0 Å². The average Bonchev–Trinajstić information content (AvgIpc) is 2.92. The van der Waals surface area contributed by atoms with E-state index in [4.69, 9.17) is 0 Å². The molecule has 1 saturated carbocycles. The first-order chi connectivity index (χ1) is 8.75. The Bertz CT molecular complexity index is 495. The van der Waals surface area contributed by atoms with Crippen molar-refractivity contribution in [2.45, 2.75) is 32.2 Å². The van der Waals surface area contributed by atoms with Crippen LogP contribution >= 0.6 is 0 Å². The normalized spacial score (nSPS) is 22.7. The smallest absolute Gasteiger partial charge is 0.254 e. The zero-order valence-corrected chi connectivity index (χ0v) is 10.4. The molecule has 0 saturated heterocycles. The third-order valence-corrected chi connectivity index (χ3v) is 4.07. The Morgan fingerprint density at radius 3 is 2.78 bits per heavy atom. The van der Waals surface area contributed by atoms with Crippen LogP contribution in [0.15, 0.2) is 24.3 Å². The number of ketones is 1. The lowest BCUT2D eigenvalue weighted by molar-refractivity contribution is -0.120. The van der Waals surface area contributed by atoms with Crippen LogP contribution in [0.4, 0.5) is 0 Å². The standard InChI is InChI=1S/C15H17NO2/c17-14-7-3-5-11(14)8-9-16-10-12-4-1-2-6-13(12)15(16)18/h1-2,4,6,11H,3,5,7-10H2. The molecule has 1 aliphatic carbocycles. The minimum Gasteiger partial charge on any atom is -0.334 e. The van der Waals surface area contributed by atoms with Crippen molar-refractivity contribution in [1.82, 2.24) is 4.90 Å². The van der Waals surface area contributed by atoms with Crippen LogP contribution < -0.4 is 0 Å². The molecule has 3 nitrogen and oxygen atoms in total. The molecular weight excluding hydrogens is 226 g/mol. The first-order valence-corrected chi connectivity index (χ1v) is 6.65. The summed E-state index contributed by atoms with van der Waals surface area (Å²) in [5.41, 5.74) is 1.94. The van der Waals surface area contributed by atoms with Gasteiger partial charge in [0.15, 0.2) is 0 Å². The van der Waals surface area contributed by atoms with Crippen molar-refractivity contribution in [2.24, 2.45) is 5.92 Å². The molecule has 94 valence electrons. The minimum absolute atomic E-state index is 0.121. The highest BCUT2D eigenvalue weighted by molar-refractivity contribution is 5.98. The Labute approximate surface area is 107 Å². The van der Waals surface area contributed by atoms with Crippen molar-refractivity contribution in [3.05, 3.63) is 35.4 Å². The van der Waals surface area contributed by atoms with Gasteiger partial charge in [-0.3, -0.25) is 9.59 Å². The highest BCUT2D eigenvalue weighted by atomic mass is 16.2. The molecule has 3 rings (SSSR count). The van der Waals surface area contributed by atoms with Gasteiger partial charge in [0.05, 0.1) is 0 Å². The summed E-state index contributed by atoms with van der Waals surface area (Å²) >= 11 is 0. The summed E-state index contributed by atoms with van der Waals surface area (Å²) in [6.07, 6.45) is 3.60. The van der Waals surface area contributed by atoms with E-state index in [0.29, 0.717) is 18.9 Å². The molecule has 1 atom stereocenters. The molecule has 0 radical (unpaired) electrons. The van der Waals surface area contributed by atoms with Crippen LogP contribution in [0.1, 0.15) is 41.6 Å². The Kier molecular flexibility index (Phi) is 2.90. The first kappa shape index (κ1) is 11.5. The van der Waals surface area contributed by atoms with E-state index in [0.717, 1.165) is 36.8 Å². The van der Waals surface area contributed by atoms with Gasteiger partial charge in [0.2, 0.25) is 0 Å². The summed E-state index contributed by atoms with van der Waals surface area (Å²) in [6, 6.07) is 7.77. The van der Waals surface area contributed by atoms with E-state index in [1.165, 1.54) is 0 Å². The second kappa shape index (κ2) is 4.56. The maximum Gasteiger partial charge on any atom is 0.254 e. The fraction of sp³-hybridized carbons (Fsp3) is 0.467. The van der Waals surface area contributed by atoms with Crippen molar-refractivity contribution in [3.8, 4) is 0 Å². The van der Waals surface area contributed by atoms with Gasteiger partial charge in [0.25, 0.3) is 5.91 Å². The second-order valence-corrected chi connectivity index (χ2v) is 5.23. The molecular formula is C15H17NO2. The van der Waals surface area contributed by atoms with Crippen LogP contribution in [-0.2, 0) is 11.3 Å². The number of benzene rings is 1. The summed E-state index contributed by atoms with van der Waals surface area (Å²) in [5.74, 6) is 0.705. The van der Waals surface area contributed by atoms with Gasteiger partial charge >= 0.3 is 0 Å². The quantitative estimate of drug-likeness (QED) is 0.817. The number of rotatable bonds is 3. The Morgan fingerprint density at radius 2 is 2.06 bits per heavy atom. The third-order valence-electron chi connectivity index (χ3n) is 4.07. The largest absolute Gasteiger partial charge is 0.334 e. The lowest BCUT2D eigenvalue weighted by Gasteiger charge is -2.17. The van der Waals surface area contributed by atoms with E-state index < -0.39 is 0 Å². The van der Waals surface area contributed by atoms with Gasteiger partial charge in [-0.05, 0) is 30.9 Å². The van der Waals surface area contributed by atoms with E-state index >= 15 is 0 Å². The highest BCUT2D eigenvalue weighted by Crippen LogP contribution is 2.27. The molecule has 1 heterocycles. The molecule has 18 heavy (non-hydrogen) atoms. The number of hydrogen-bond donors (Lipinski definition) is 0. The van der Waals surface area contributed by atoms with E-state index in [2.05, 4.69) is 0 Å². The molecule has 3 heteroatoms. The van der Waals surface area contributed by atoms with Gasteiger partial charge in [-0.25, -0.2) is 0 Å². The minimum atomic E-state index is 0.121. The molecule has 1 fully saturated rings. The van der Waals surface area contributed by atoms with Gasteiger partial charge in [0, 0.05) is 31.0 Å². The number of carbonyl (C=O) groups excluding carboxylic acids is 2. The Morgan fingerprint density at radius 1 is 1.22 bits per heavy atom. The summed E-state index contributed by atoms with van der Waals surface area (Å²) in [5, 5.41) is 0. The van der Waals surface area contributed by atoms with E-state index in [1.54, 1.807) is 0 Å². The SMILES string of the molecule is O=C1CCCC1CCN1Cc2ccccc2C1=O. The van der Waals surface area contributed by atoms with Crippen LogP contribution in [0.3, 0.4) is 0 Å². The maximum absolute atomic E-state index is 12.1. The molecule has 1 aromatic rings. The zero-order valence-electron chi connectivity index (χ0n) is 10.4. The highest BCUT2D eigenvalue weighted by Gasteiger charge is 2.29. The molecule has 0 spiro atoms. The van der Waals surface area contributed by atoms with Crippen molar-refractivity contribution in [1.29, 1.82) is 0 Å². The van der Waals surface area contributed by atoms with Crippen LogP contribution in [0.5, 0.6) is 0 Å². The second-order valence-electron chi connectivity index (χ2n) is 5.23. The van der Waals surface area contributed by atoms with Crippen molar-refractivity contribution >= 4 is 11.7 Å². The fourth-order valence-corrected chi connectivity index (χ4v) is 3.00. The van der Waals surface area contributed by atoms with E-state index in [9.17, 15) is 9.59 Å². The number of fused-ring (bicyclic) bond motifs is 1. The van der Waals surface area contributed by atoms with Crippen LogP contribution in [0, 0.1) is 5.92 Å². The van der Waals surface area contributed by atoms with E-state index in [-0.39, 0.29) is 11.8 Å². The predicted molar refractivity (Wildman–Crippen MR) is 68.1 cm³/mol. The van der Waals surface area contributed by atoms with Crippen LogP contribution in [0.2, 0.25) is 0 Å². The molecule has 1 amide bonds. The predicted octanol–water partition coefficient (Wildman–Crippen LogP) is 2.40.